The van der Waals surface area contributed by atoms with Crippen LogP contribution in [0.15, 0.2) is 11.6 Å². The molecule has 0 aromatic heterocycles. The van der Waals surface area contributed by atoms with Gasteiger partial charge in [0.25, 0.3) is 0 Å². The number of fused-ring (bicyclic) bond motifs is 5. The van der Waals surface area contributed by atoms with Crippen LogP contribution in [-0.4, -0.2) is 60.1 Å². The summed E-state index contributed by atoms with van der Waals surface area (Å²) in [6, 6.07) is 0. The molecule has 3 fully saturated rings. The van der Waals surface area contributed by atoms with Crippen LogP contribution in [0.4, 0.5) is 0 Å². The number of hydrogen-bond donors (Lipinski definition) is 3. The zero-order chi connectivity index (χ0) is 39.0. The summed E-state index contributed by atoms with van der Waals surface area (Å²) < 4.78 is 6.13. The highest BCUT2D eigenvalue weighted by Crippen LogP contribution is 2.67. The number of halogens is 3. The lowest BCUT2D eigenvalue weighted by molar-refractivity contribution is -0.151. The smallest absolute Gasteiger partial charge is 0.306 e. The number of hydrogen-bond acceptors (Lipinski definition) is 6. The molecule has 1 amide bonds. The lowest BCUT2D eigenvalue weighted by Crippen LogP contribution is -2.51. The number of amides is 1. The molecule has 0 radical (unpaired) electrons. The minimum Gasteiger partial charge on any atom is -0.462 e. The van der Waals surface area contributed by atoms with Crippen molar-refractivity contribution >= 4 is 49.1 Å². The number of carbonyl (C=O) groups is 2. The van der Waals surface area contributed by atoms with Gasteiger partial charge in [-0.3, -0.25) is 9.59 Å². The van der Waals surface area contributed by atoms with E-state index >= 15 is 0 Å². The first-order chi connectivity index (χ1) is 24.8. The van der Waals surface area contributed by atoms with E-state index in [1.807, 2.05) is 32.6 Å². The first kappa shape index (κ1) is 53.4. The predicted molar refractivity (Wildman–Crippen MR) is 243 cm³/mol. The Morgan fingerprint density at radius 2 is 1.54 bits per heavy atom. The van der Waals surface area contributed by atoms with Crippen LogP contribution in [-0.2, 0) is 14.3 Å². The molecular weight excluding hydrogens is 763 g/mol. The third-order valence-electron chi connectivity index (χ3n) is 14.7. The maximum Gasteiger partial charge on any atom is 0.306 e. The Morgan fingerprint density at radius 3 is 2.20 bits per heavy atom. The fourth-order valence-corrected chi connectivity index (χ4v) is 11.4. The first-order valence-electron chi connectivity index (χ1n) is 22.3. The van der Waals surface area contributed by atoms with Crippen molar-refractivity contribution in [2.45, 2.75) is 195 Å². The van der Waals surface area contributed by atoms with Gasteiger partial charge in [-0.25, -0.2) is 0 Å². The second-order valence-electron chi connectivity index (χ2n) is 20.8. The minimum atomic E-state index is -0.327. The third kappa shape index (κ3) is 15.2. The quantitative estimate of drug-likeness (QED) is 0.0603. The Balaban J connectivity index is 0.00000523. The number of nitrogens with one attached hydrogen (secondary N) is 1. The van der Waals surface area contributed by atoms with Crippen molar-refractivity contribution in [1.82, 2.24) is 10.2 Å². The zero-order valence-corrected chi connectivity index (χ0v) is 39.7. The molecule has 0 saturated heterocycles. The van der Waals surface area contributed by atoms with Gasteiger partial charge in [-0.15, -0.1) is 37.2 Å². The molecule has 56 heavy (non-hydrogen) atoms. The molecule has 5 N–H and O–H groups in total. The van der Waals surface area contributed by atoms with Gasteiger partial charge in [0.15, 0.2) is 0 Å². The van der Waals surface area contributed by atoms with Crippen LogP contribution in [0.1, 0.15) is 178 Å². The van der Waals surface area contributed by atoms with Crippen LogP contribution in [0, 0.1) is 46.3 Å². The van der Waals surface area contributed by atoms with Gasteiger partial charge in [-0.05, 0) is 164 Å². The fraction of sp³-hybridized carbons (Fsp3) is 0.913. The molecule has 0 aromatic rings. The van der Waals surface area contributed by atoms with Gasteiger partial charge in [0.2, 0.25) is 5.91 Å². The fourth-order valence-electron chi connectivity index (χ4n) is 11.4. The van der Waals surface area contributed by atoms with Crippen molar-refractivity contribution in [3.63, 3.8) is 0 Å². The molecule has 0 spiro atoms. The van der Waals surface area contributed by atoms with E-state index in [9.17, 15) is 9.59 Å². The highest BCUT2D eigenvalue weighted by Gasteiger charge is 2.59. The van der Waals surface area contributed by atoms with Crippen molar-refractivity contribution in [2.75, 3.05) is 26.2 Å². The Bertz CT molecular complexity index is 1220. The number of esters is 1. The van der Waals surface area contributed by atoms with Gasteiger partial charge in [-0.1, -0.05) is 65.5 Å². The molecule has 0 aromatic carbocycles. The summed E-state index contributed by atoms with van der Waals surface area (Å²) in [4.78, 5) is 28.4. The summed E-state index contributed by atoms with van der Waals surface area (Å²) in [7, 11) is 0. The average molecular weight is 851 g/mol. The number of carbonyl (C=O) groups excluding carboxylic acids is 2. The van der Waals surface area contributed by atoms with Gasteiger partial charge in [0.1, 0.15) is 6.10 Å². The second kappa shape index (κ2) is 23.4. The van der Waals surface area contributed by atoms with Crippen molar-refractivity contribution in [3.8, 4) is 0 Å². The highest BCUT2D eigenvalue weighted by molar-refractivity contribution is 5.86. The van der Waals surface area contributed by atoms with Gasteiger partial charge in [0, 0.05) is 43.4 Å². The molecular formula is C46H87Cl3N4O3. The van der Waals surface area contributed by atoms with E-state index in [4.69, 9.17) is 16.2 Å². The van der Waals surface area contributed by atoms with Crippen LogP contribution in [0.25, 0.3) is 0 Å². The van der Waals surface area contributed by atoms with Crippen molar-refractivity contribution in [3.05, 3.63) is 11.6 Å². The molecule has 4 rings (SSSR count). The van der Waals surface area contributed by atoms with Gasteiger partial charge < -0.3 is 26.4 Å². The Kier molecular flexibility index (Phi) is 22.4. The Morgan fingerprint density at radius 1 is 0.839 bits per heavy atom. The van der Waals surface area contributed by atoms with E-state index < -0.39 is 0 Å². The van der Waals surface area contributed by atoms with E-state index in [-0.39, 0.29) is 71.7 Å². The molecule has 0 bridgehead atoms. The van der Waals surface area contributed by atoms with Crippen LogP contribution >= 0.6 is 37.2 Å². The number of nitrogens with zero attached hydrogens (tertiary/aromatic N) is 1. The summed E-state index contributed by atoms with van der Waals surface area (Å²) in [6.45, 7) is 23.8. The lowest BCUT2D eigenvalue weighted by Gasteiger charge is -2.58. The predicted octanol–water partition coefficient (Wildman–Crippen LogP) is 10.8. The first-order valence-corrected chi connectivity index (χ1v) is 22.3. The molecule has 7 nitrogen and oxygen atoms in total. The SMILES string of the molecule is CC(C)CCCC(C)C1CCC2C3CC=C4CC(OC(=O)CCCC(=O)N(CCCCNCCC(C)(C)N)CCC(C)(C)N)CCC4(C)C3CCC12C.Cl.Cl.Cl. The van der Waals surface area contributed by atoms with Crippen LogP contribution in [0.3, 0.4) is 0 Å². The molecule has 4 aliphatic rings. The number of nitrogens with two attached hydrogens (primary N) is 2. The van der Waals surface area contributed by atoms with E-state index in [0.717, 1.165) is 100 Å². The van der Waals surface area contributed by atoms with Crippen molar-refractivity contribution in [1.29, 1.82) is 0 Å². The van der Waals surface area contributed by atoms with E-state index in [2.05, 4.69) is 46.0 Å². The molecule has 330 valence electrons. The summed E-state index contributed by atoms with van der Waals surface area (Å²) >= 11 is 0. The minimum absolute atomic E-state index is 0. The van der Waals surface area contributed by atoms with Gasteiger partial charge in [-0.2, -0.15) is 0 Å². The maximum absolute atomic E-state index is 13.3. The third-order valence-corrected chi connectivity index (χ3v) is 14.7. The van der Waals surface area contributed by atoms with Crippen molar-refractivity contribution in [2.24, 2.45) is 57.8 Å². The molecule has 0 aliphatic heterocycles. The molecule has 4 aliphatic carbocycles. The summed E-state index contributed by atoms with van der Waals surface area (Å²) in [5, 5.41) is 3.47. The standard InChI is InChI=1S/C46H84N4O3.3ClH/c1-33(2)14-12-15-34(3)38-20-21-39-37-19-18-35-32-36(22-24-45(35,8)40(37)23-25-46(38,39)9)53-42(52)17-13-16-41(51)50(31-27-44(6,7)48)30-11-10-28-49-29-26-43(4,5)47;;;/h18,33-34,36-40,49H,10-17,19-32,47-48H2,1-9H3;3*1H. The zero-order valence-electron chi connectivity index (χ0n) is 37.2. The molecule has 8 unspecified atom stereocenters. The summed E-state index contributed by atoms with van der Waals surface area (Å²) in [6.07, 6.45) is 21.4. The molecule has 8 atom stereocenters. The van der Waals surface area contributed by atoms with Crippen LogP contribution < -0.4 is 16.8 Å². The Labute approximate surface area is 362 Å². The largest absolute Gasteiger partial charge is 0.462 e. The van der Waals surface area contributed by atoms with Crippen LogP contribution in [0.5, 0.6) is 0 Å². The average Bonchev–Trinajstić information content (AvgIpc) is 3.42. The summed E-state index contributed by atoms with van der Waals surface area (Å²) in [5.41, 5.74) is 14.2. The molecule has 3 saturated carbocycles. The highest BCUT2D eigenvalue weighted by atomic mass is 35.5. The monoisotopic (exact) mass is 849 g/mol. The van der Waals surface area contributed by atoms with E-state index in [1.165, 1.54) is 51.4 Å². The molecule has 0 heterocycles. The number of allylic oxidation sites excluding steroid dienone is 1. The lowest BCUT2D eigenvalue weighted by atomic mass is 9.47. The number of unbranched alkanes of at least 4 members (excludes halogenated alkanes) is 1. The number of ether oxygens (including phenoxy) is 1. The summed E-state index contributed by atoms with van der Waals surface area (Å²) in [5.74, 6) is 4.96. The van der Waals surface area contributed by atoms with E-state index in [1.54, 1.807) is 5.57 Å². The normalized spacial score (nSPS) is 29.0. The number of rotatable bonds is 21. The maximum atomic E-state index is 13.3. The topological polar surface area (TPSA) is 111 Å². The molecule has 10 heteroatoms. The van der Waals surface area contributed by atoms with Crippen molar-refractivity contribution < 1.29 is 14.3 Å². The van der Waals surface area contributed by atoms with Gasteiger partial charge >= 0.3 is 5.97 Å². The van der Waals surface area contributed by atoms with Crippen LogP contribution in [0.2, 0.25) is 0 Å². The Hall–Kier alpha value is -0.570. The van der Waals surface area contributed by atoms with E-state index in [0.29, 0.717) is 31.2 Å². The second-order valence-corrected chi connectivity index (χ2v) is 20.8. The van der Waals surface area contributed by atoms with Gasteiger partial charge in [0.05, 0.1) is 0 Å².